The lowest BCUT2D eigenvalue weighted by Crippen LogP contribution is -2.29. The number of carbonyl (C=O) groups excluding carboxylic acids is 1. The molecule has 116 valence electrons. The zero-order valence-electron chi connectivity index (χ0n) is 13.6. The molecule has 1 atom stereocenters. The van der Waals surface area contributed by atoms with Crippen LogP contribution in [-0.2, 0) is 6.42 Å². The normalized spacial score (nSPS) is 17.4. The standard InChI is InChI=1S/C18H22O3Si/c1-11(19)16-13-7-5-6-8-14(13)17(20)18-15(16)9-12(21-18)10-22(2,3)4/h5-8,12,20H,9-10H2,1-4H3. The molecule has 1 N–H and O–H groups in total. The van der Waals surface area contributed by atoms with Gasteiger partial charge in [0.05, 0.1) is 0 Å². The smallest absolute Gasteiger partial charge is 0.166 e. The summed E-state index contributed by atoms with van der Waals surface area (Å²) in [4.78, 5) is 12.2. The lowest BCUT2D eigenvalue weighted by Gasteiger charge is -2.20. The van der Waals surface area contributed by atoms with Crippen molar-refractivity contribution in [3.63, 3.8) is 0 Å². The van der Waals surface area contributed by atoms with Crippen molar-refractivity contribution in [1.82, 2.24) is 0 Å². The molecule has 2 aromatic rings. The van der Waals surface area contributed by atoms with Crippen LogP contribution in [0.25, 0.3) is 10.8 Å². The second-order valence-corrected chi connectivity index (χ2v) is 12.9. The molecular formula is C18H22O3Si. The molecule has 0 radical (unpaired) electrons. The van der Waals surface area contributed by atoms with Crippen LogP contribution in [0.1, 0.15) is 22.8 Å². The Balaban J connectivity index is 2.17. The van der Waals surface area contributed by atoms with Crippen LogP contribution in [0.15, 0.2) is 24.3 Å². The molecule has 0 amide bonds. The SMILES string of the molecule is CC(=O)c1c2c(c(O)c3ccccc13)OC(C[Si](C)(C)C)C2. The molecule has 1 aliphatic heterocycles. The number of phenolic OH excluding ortho intramolecular Hbond substituents is 1. The van der Waals surface area contributed by atoms with Gasteiger partial charge in [-0.15, -0.1) is 0 Å². The van der Waals surface area contributed by atoms with Crippen molar-refractivity contribution in [3.05, 3.63) is 35.4 Å². The van der Waals surface area contributed by atoms with Crippen LogP contribution in [0.4, 0.5) is 0 Å². The molecule has 1 aliphatic rings. The van der Waals surface area contributed by atoms with Gasteiger partial charge in [-0.3, -0.25) is 4.79 Å². The molecule has 1 unspecified atom stereocenters. The Morgan fingerprint density at radius 2 is 1.91 bits per heavy atom. The highest BCUT2D eigenvalue weighted by molar-refractivity contribution is 6.76. The van der Waals surface area contributed by atoms with E-state index < -0.39 is 8.07 Å². The molecule has 0 aromatic heterocycles. The van der Waals surface area contributed by atoms with Gasteiger partial charge in [0.15, 0.2) is 17.3 Å². The molecular weight excluding hydrogens is 292 g/mol. The Kier molecular flexibility index (Phi) is 3.52. The highest BCUT2D eigenvalue weighted by atomic mass is 28.3. The van der Waals surface area contributed by atoms with E-state index in [0.717, 1.165) is 17.0 Å². The fourth-order valence-electron chi connectivity index (χ4n) is 3.41. The monoisotopic (exact) mass is 314 g/mol. The van der Waals surface area contributed by atoms with Gasteiger partial charge in [0.1, 0.15) is 6.10 Å². The lowest BCUT2D eigenvalue weighted by molar-refractivity contribution is 0.101. The zero-order valence-corrected chi connectivity index (χ0v) is 14.6. The third-order valence-corrected chi connectivity index (χ3v) is 5.83. The summed E-state index contributed by atoms with van der Waals surface area (Å²) in [5.41, 5.74) is 1.59. The largest absolute Gasteiger partial charge is 0.504 e. The summed E-state index contributed by atoms with van der Waals surface area (Å²) in [6, 6.07) is 8.53. The minimum atomic E-state index is -1.27. The van der Waals surface area contributed by atoms with E-state index in [1.54, 1.807) is 6.92 Å². The van der Waals surface area contributed by atoms with Crippen molar-refractivity contribution in [2.24, 2.45) is 0 Å². The van der Waals surface area contributed by atoms with Crippen LogP contribution < -0.4 is 4.74 Å². The first-order valence-corrected chi connectivity index (χ1v) is 11.4. The first-order chi connectivity index (χ1) is 10.3. The average molecular weight is 314 g/mol. The van der Waals surface area contributed by atoms with Crippen LogP contribution in [0.3, 0.4) is 0 Å². The Bertz CT molecular complexity index is 759. The summed E-state index contributed by atoms with van der Waals surface area (Å²) in [7, 11) is -1.27. The molecule has 2 aromatic carbocycles. The Morgan fingerprint density at radius 1 is 1.27 bits per heavy atom. The molecule has 0 fully saturated rings. The molecule has 0 bridgehead atoms. The van der Waals surface area contributed by atoms with Crippen molar-refractivity contribution in [3.8, 4) is 11.5 Å². The number of ether oxygens (including phenoxy) is 1. The van der Waals surface area contributed by atoms with Gasteiger partial charge in [-0.05, 0) is 18.4 Å². The lowest BCUT2D eigenvalue weighted by atomic mass is 9.93. The third kappa shape index (κ3) is 2.52. The summed E-state index contributed by atoms with van der Waals surface area (Å²) in [5, 5.41) is 12.1. The first-order valence-electron chi connectivity index (χ1n) is 7.72. The summed E-state index contributed by atoms with van der Waals surface area (Å²) >= 11 is 0. The van der Waals surface area contributed by atoms with E-state index >= 15 is 0 Å². The van der Waals surface area contributed by atoms with E-state index in [2.05, 4.69) is 19.6 Å². The predicted octanol–water partition coefficient (Wildman–Crippen LogP) is 4.39. The molecule has 3 rings (SSSR count). The number of ketones is 1. The van der Waals surface area contributed by atoms with E-state index in [1.807, 2.05) is 24.3 Å². The number of benzene rings is 2. The van der Waals surface area contributed by atoms with E-state index in [4.69, 9.17) is 4.74 Å². The van der Waals surface area contributed by atoms with Crippen molar-refractivity contribution in [2.75, 3.05) is 0 Å². The predicted molar refractivity (Wildman–Crippen MR) is 91.9 cm³/mol. The van der Waals surface area contributed by atoms with Gasteiger partial charge in [-0.2, -0.15) is 0 Å². The number of Topliss-reactive ketones (excluding diaryl/α,β-unsaturated/α-hetero) is 1. The van der Waals surface area contributed by atoms with Crippen LogP contribution in [0, 0.1) is 0 Å². The van der Waals surface area contributed by atoms with Gasteiger partial charge in [0, 0.05) is 31.0 Å². The van der Waals surface area contributed by atoms with E-state index in [-0.39, 0.29) is 17.6 Å². The summed E-state index contributed by atoms with van der Waals surface area (Å²) in [6.07, 6.45) is 0.787. The van der Waals surface area contributed by atoms with Gasteiger partial charge in [-0.25, -0.2) is 0 Å². The minimum absolute atomic E-state index is 0.0321. The van der Waals surface area contributed by atoms with Crippen molar-refractivity contribution in [2.45, 2.75) is 45.1 Å². The Morgan fingerprint density at radius 3 is 2.50 bits per heavy atom. The topological polar surface area (TPSA) is 46.5 Å². The van der Waals surface area contributed by atoms with Gasteiger partial charge in [0.25, 0.3) is 0 Å². The number of hydrogen-bond acceptors (Lipinski definition) is 3. The minimum Gasteiger partial charge on any atom is -0.504 e. The van der Waals surface area contributed by atoms with Crippen LogP contribution >= 0.6 is 0 Å². The second kappa shape index (κ2) is 5.13. The summed E-state index contributed by atoms with van der Waals surface area (Å²) in [6.45, 7) is 8.51. The number of phenols is 1. The van der Waals surface area contributed by atoms with Gasteiger partial charge in [0.2, 0.25) is 0 Å². The van der Waals surface area contributed by atoms with Crippen molar-refractivity contribution < 1.29 is 14.6 Å². The molecule has 22 heavy (non-hydrogen) atoms. The number of carbonyl (C=O) groups is 1. The average Bonchev–Trinajstić information content (AvgIpc) is 2.80. The van der Waals surface area contributed by atoms with Gasteiger partial charge >= 0.3 is 0 Å². The Hall–Kier alpha value is -1.81. The summed E-state index contributed by atoms with van der Waals surface area (Å²) < 4.78 is 6.05. The van der Waals surface area contributed by atoms with Crippen LogP contribution in [0.2, 0.25) is 25.7 Å². The van der Waals surface area contributed by atoms with E-state index in [9.17, 15) is 9.90 Å². The van der Waals surface area contributed by atoms with Gasteiger partial charge < -0.3 is 9.84 Å². The maximum absolute atomic E-state index is 12.2. The van der Waals surface area contributed by atoms with Gasteiger partial charge in [-0.1, -0.05) is 43.9 Å². The number of fused-ring (bicyclic) bond motifs is 2. The molecule has 1 heterocycles. The van der Waals surface area contributed by atoms with E-state index in [0.29, 0.717) is 23.1 Å². The zero-order chi connectivity index (χ0) is 16.1. The van der Waals surface area contributed by atoms with Crippen molar-refractivity contribution in [1.29, 1.82) is 0 Å². The maximum atomic E-state index is 12.2. The van der Waals surface area contributed by atoms with Crippen LogP contribution in [0.5, 0.6) is 11.5 Å². The first kappa shape index (κ1) is 15.1. The van der Waals surface area contributed by atoms with E-state index in [1.165, 1.54) is 0 Å². The molecule has 0 aliphatic carbocycles. The highest BCUT2D eigenvalue weighted by Gasteiger charge is 2.34. The fourth-order valence-corrected chi connectivity index (χ4v) is 5.00. The third-order valence-electron chi connectivity index (χ3n) is 4.15. The van der Waals surface area contributed by atoms with Crippen molar-refractivity contribution >= 4 is 24.6 Å². The Labute approximate surface area is 131 Å². The molecule has 0 saturated heterocycles. The quantitative estimate of drug-likeness (QED) is 0.675. The number of rotatable bonds is 3. The van der Waals surface area contributed by atoms with Crippen LogP contribution in [-0.4, -0.2) is 25.1 Å². The number of aromatic hydroxyl groups is 1. The molecule has 0 spiro atoms. The highest BCUT2D eigenvalue weighted by Crippen LogP contribution is 2.46. The molecule has 4 heteroatoms. The summed E-state index contributed by atoms with van der Waals surface area (Å²) in [5.74, 6) is 0.727. The molecule has 3 nitrogen and oxygen atoms in total. The fraction of sp³-hybridized carbons (Fsp3) is 0.389. The number of hydrogen-bond donors (Lipinski definition) is 1. The maximum Gasteiger partial charge on any atom is 0.166 e. The second-order valence-electron chi connectivity index (χ2n) is 7.34. The molecule has 0 saturated carbocycles.